The van der Waals surface area contributed by atoms with Crippen LogP contribution in [-0.2, 0) is 0 Å². The highest BCUT2D eigenvalue weighted by Gasteiger charge is 2.63. The molecule has 3 fully saturated rings. The third-order valence-electron chi connectivity index (χ3n) is 6.18. The normalized spacial score (nSPS) is 33.0. The Morgan fingerprint density at radius 3 is 3.05 bits per heavy atom. The highest BCUT2D eigenvalue weighted by Crippen LogP contribution is 2.57. The molecular weight excluding hydrogens is 276 g/mol. The predicted molar refractivity (Wildman–Crippen MR) is 83.7 cm³/mol. The van der Waals surface area contributed by atoms with Crippen LogP contribution in [0.25, 0.3) is 10.9 Å². The maximum atomic E-state index is 12.7. The second-order valence-electron chi connectivity index (χ2n) is 7.15. The van der Waals surface area contributed by atoms with E-state index in [9.17, 15) is 4.79 Å². The van der Waals surface area contributed by atoms with Crippen LogP contribution >= 0.6 is 0 Å². The number of nitrogens with zero attached hydrogens (tertiary/aromatic N) is 2. The number of aryl methyl sites for hydroxylation is 1. The van der Waals surface area contributed by atoms with Crippen molar-refractivity contribution >= 4 is 16.8 Å². The van der Waals surface area contributed by atoms with Gasteiger partial charge < -0.3 is 5.32 Å². The third-order valence-corrected chi connectivity index (χ3v) is 6.18. The minimum Gasteiger partial charge on any atom is -0.346 e. The quantitative estimate of drug-likeness (QED) is 0.889. The molecule has 2 N–H and O–H groups in total. The zero-order valence-corrected chi connectivity index (χ0v) is 12.7. The highest BCUT2D eigenvalue weighted by atomic mass is 16.2. The number of nitrogens with one attached hydrogen (secondary N) is 2. The van der Waals surface area contributed by atoms with Crippen LogP contribution in [0.4, 0.5) is 0 Å². The molecule has 1 aliphatic carbocycles. The summed E-state index contributed by atoms with van der Waals surface area (Å²) in [5, 5.41) is 11.4. The van der Waals surface area contributed by atoms with Crippen LogP contribution in [0.5, 0.6) is 0 Å². The number of aromatic nitrogens is 2. The first-order valence-electron chi connectivity index (χ1n) is 8.18. The summed E-state index contributed by atoms with van der Waals surface area (Å²) in [4.78, 5) is 15.3. The topological polar surface area (TPSA) is 61.0 Å². The van der Waals surface area contributed by atoms with Gasteiger partial charge in [0, 0.05) is 30.1 Å². The van der Waals surface area contributed by atoms with E-state index in [1.54, 1.807) is 0 Å². The monoisotopic (exact) mass is 296 g/mol. The van der Waals surface area contributed by atoms with Gasteiger partial charge in [0.1, 0.15) is 0 Å². The lowest BCUT2D eigenvalue weighted by Gasteiger charge is -2.58. The van der Waals surface area contributed by atoms with E-state index in [0.717, 1.165) is 23.0 Å². The Morgan fingerprint density at radius 1 is 1.45 bits per heavy atom. The lowest BCUT2D eigenvalue weighted by molar-refractivity contribution is -0.0676. The first-order chi connectivity index (χ1) is 10.7. The van der Waals surface area contributed by atoms with E-state index in [0.29, 0.717) is 23.2 Å². The molecule has 5 nitrogen and oxygen atoms in total. The maximum Gasteiger partial charge on any atom is 0.272 e. The van der Waals surface area contributed by atoms with Gasteiger partial charge in [-0.15, -0.1) is 0 Å². The molecule has 22 heavy (non-hydrogen) atoms. The summed E-state index contributed by atoms with van der Waals surface area (Å²) < 4.78 is 0. The molecule has 1 saturated carbocycles. The van der Waals surface area contributed by atoms with E-state index in [-0.39, 0.29) is 5.91 Å². The Labute approximate surface area is 129 Å². The number of aromatic amines is 1. The summed E-state index contributed by atoms with van der Waals surface area (Å²) in [6.45, 7) is 4.25. The molecule has 2 aromatic rings. The summed E-state index contributed by atoms with van der Waals surface area (Å²) in [5.74, 6) is 0.614. The van der Waals surface area contributed by atoms with Crippen molar-refractivity contribution in [2.75, 3.05) is 13.1 Å². The van der Waals surface area contributed by atoms with Crippen LogP contribution < -0.4 is 5.32 Å². The van der Waals surface area contributed by atoms with E-state index in [1.165, 1.54) is 25.8 Å². The van der Waals surface area contributed by atoms with Crippen LogP contribution in [0.3, 0.4) is 0 Å². The van der Waals surface area contributed by atoms with E-state index >= 15 is 0 Å². The van der Waals surface area contributed by atoms with E-state index in [2.05, 4.69) is 20.4 Å². The van der Waals surface area contributed by atoms with E-state index < -0.39 is 0 Å². The smallest absolute Gasteiger partial charge is 0.272 e. The lowest BCUT2D eigenvalue weighted by Crippen LogP contribution is -2.64. The Hall–Kier alpha value is -1.88. The maximum absolute atomic E-state index is 12.7. The number of hydrogen-bond donors (Lipinski definition) is 2. The fourth-order valence-electron chi connectivity index (χ4n) is 4.80. The van der Waals surface area contributed by atoms with Crippen molar-refractivity contribution in [2.45, 2.75) is 37.8 Å². The van der Waals surface area contributed by atoms with Gasteiger partial charge in [-0.1, -0.05) is 11.6 Å². The Bertz CT molecular complexity index is 778. The number of hydrogen-bond acceptors (Lipinski definition) is 3. The van der Waals surface area contributed by atoms with Crippen LogP contribution in [0, 0.1) is 12.8 Å². The zero-order valence-electron chi connectivity index (χ0n) is 12.7. The molecule has 0 bridgehead atoms. The van der Waals surface area contributed by atoms with Crippen molar-refractivity contribution in [2.24, 2.45) is 5.92 Å². The molecule has 5 heteroatoms. The van der Waals surface area contributed by atoms with Crippen molar-refractivity contribution in [3.8, 4) is 0 Å². The summed E-state index contributed by atoms with van der Waals surface area (Å²) in [7, 11) is 0. The fourth-order valence-corrected chi connectivity index (χ4v) is 4.80. The van der Waals surface area contributed by atoms with Crippen molar-refractivity contribution in [1.82, 2.24) is 20.4 Å². The van der Waals surface area contributed by atoms with Crippen molar-refractivity contribution < 1.29 is 4.79 Å². The second-order valence-corrected chi connectivity index (χ2v) is 7.15. The number of carbonyl (C=O) groups excluding carboxylic acids is 1. The molecular formula is C17H20N4O. The molecule has 5 rings (SSSR count). The zero-order chi connectivity index (χ0) is 14.9. The summed E-state index contributed by atoms with van der Waals surface area (Å²) >= 11 is 0. The van der Waals surface area contributed by atoms with Gasteiger partial charge in [-0.3, -0.25) is 14.8 Å². The largest absolute Gasteiger partial charge is 0.346 e. The number of H-pyrrole nitrogens is 1. The molecule has 3 atom stereocenters. The van der Waals surface area contributed by atoms with Crippen LogP contribution in [0.15, 0.2) is 18.2 Å². The lowest BCUT2D eigenvalue weighted by atomic mass is 9.61. The molecule has 2 unspecified atom stereocenters. The second kappa shape index (κ2) is 4.10. The Kier molecular flexibility index (Phi) is 2.36. The van der Waals surface area contributed by atoms with Gasteiger partial charge >= 0.3 is 0 Å². The average molecular weight is 296 g/mol. The standard InChI is InChI=1S/C17H20N4O/c1-10-2-3-13-11(8-10)15(20-19-13)16(22)18-14-9-21-7-6-17(21)5-4-12(14)17/h2-3,8,12,14H,4-7,9H2,1H3,(H,18,22)(H,19,20)/t12?,14-,17?/m1/s1. The van der Waals surface area contributed by atoms with Gasteiger partial charge in [0.15, 0.2) is 5.69 Å². The first-order valence-corrected chi connectivity index (χ1v) is 8.18. The Balaban J connectivity index is 1.41. The van der Waals surface area contributed by atoms with Crippen LogP contribution in [-0.4, -0.2) is 45.7 Å². The van der Waals surface area contributed by atoms with Crippen molar-refractivity contribution in [1.29, 1.82) is 0 Å². The van der Waals surface area contributed by atoms with Crippen LogP contribution in [0.1, 0.15) is 35.3 Å². The summed E-state index contributed by atoms with van der Waals surface area (Å²) in [5.41, 5.74) is 3.04. The molecule has 1 spiro atoms. The fraction of sp³-hybridized carbons (Fsp3) is 0.529. The van der Waals surface area contributed by atoms with E-state index in [4.69, 9.17) is 0 Å². The van der Waals surface area contributed by atoms with Gasteiger partial charge in [-0.05, 0) is 44.2 Å². The number of carbonyl (C=O) groups is 1. The molecule has 1 aromatic heterocycles. The number of amides is 1. The molecule has 0 radical (unpaired) electrons. The van der Waals surface area contributed by atoms with Crippen molar-refractivity contribution in [3.63, 3.8) is 0 Å². The van der Waals surface area contributed by atoms with Crippen molar-refractivity contribution in [3.05, 3.63) is 29.5 Å². The van der Waals surface area contributed by atoms with E-state index in [1.807, 2.05) is 25.1 Å². The Morgan fingerprint density at radius 2 is 2.36 bits per heavy atom. The van der Waals surface area contributed by atoms with Gasteiger partial charge in [0.05, 0.1) is 5.52 Å². The molecule has 114 valence electrons. The molecule has 3 aliphatic rings. The number of benzene rings is 1. The molecule has 1 amide bonds. The minimum atomic E-state index is -0.0357. The summed E-state index contributed by atoms with van der Waals surface area (Å²) in [6.07, 6.45) is 3.88. The first kappa shape index (κ1) is 12.6. The third kappa shape index (κ3) is 1.47. The highest BCUT2D eigenvalue weighted by molar-refractivity contribution is 6.04. The SMILES string of the molecule is Cc1ccc2[nH]nc(C(=O)N[C@@H]3CN4CCC45CCC35)c2c1. The molecule has 1 aromatic carbocycles. The minimum absolute atomic E-state index is 0.0357. The summed E-state index contributed by atoms with van der Waals surface area (Å²) in [6, 6.07) is 6.33. The molecule has 3 heterocycles. The molecule has 2 saturated heterocycles. The number of rotatable bonds is 2. The van der Waals surface area contributed by atoms with Gasteiger partial charge in [-0.25, -0.2) is 0 Å². The molecule has 2 aliphatic heterocycles. The van der Waals surface area contributed by atoms with Gasteiger partial charge in [0.2, 0.25) is 0 Å². The van der Waals surface area contributed by atoms with Gasteiger partial charge in [-0.2, -0.15) is 5.10 Å². The average Bonchev–Trinajstić information content (AvgIpc) is 2.89. The predicted octanol–water partition coefficient (Wildman–Crippen LogP) is 1.84. The van der Waals surface area contributed by atoms with Crippen LogP contribution in [0.2, 0.25) is 0 Å². The van der Waals surface area contributed by atoms with Gasteiger partial charge in [0.25, 0.3) is 5.91 Å². The number of fused-ring (bicyclic) bond motifs is 1.